The summed E-state index contributed by atoms with van der Waals surface area (Å²) in [5, 5.41) is 2.89. The van der Waals surface area contributed by atoms with Crippen molar-refractivity contribution < 1.29 is 9.53 Å². The third-order valence-corrected chi connectivity index (χ3v) is 3.27. The fraction of sp³-hybridized carbons (Fsp3) is 0.211. The number of aryl methyl sites for hydroxylation is 2. The molecule has 3 nitrogen and oxygen atoms in total. The first kappa shape index (κ1) is 15.8. The summed E-state index contributed by atoms with van der Waals surface area (Å²) in [5.41, 5.74) is 3.18. The number of carbonyl (C=O) groups excluding carboxylic acids is 1. The summed E-state index contributed by atoms with van der Waals surface area (Å²) in [4.78, 5) is 12.0. The van der Waals surface area contributed by atoms with E-state index in [0.29, 0.717) is 13.0 Å². The molecule has 0 atom stereocenters. The van der Waals surface area contributed by atoms with Gasteiger partial charge in [-0.2, -0.15) is 0 Å². The molecule has 0 unspecified atom stereocenters. The van der Waals surface area contributed by atoms with Gasteiger partial charge in [-0.05, 0) is 43.2 Å². The van der Waals surface area contributed by atoms with E-state index in [-0.39, 0.29) is 5.91 Å². The average molecular weight is 295 g/mol. The minimum atomic E-state index is 0.0142. The number of hydrogen-bond donors (Lipinski definition) is 1. The van der Waals surface area contributed by atoms with Crippen LogP contribution in [0.4, 0.5) is 5.69 Å². The van der Waals surface area contributed by atoms with Gasteiger partial charge in [-0.15, -0.1) is 0 Å². The molecule has 114 valence electrons. The Balaban J connectivity index is 1.81. The van der Waals surface area contributed by atoms with Crippen LogP contribution in [0.5, 0.6) is 5.75 Å². The number of rotatable bonds is 7. The van der Waals surface area contributed by atoms with Gasteiger partial charge in [0.05, 0.1) is 0 Å². The molecule has 0 saturated heterocycles. The van der Waals surface area contributed by atoms with E-state index in [4.69, 9.17) is 4.74 Å². The molecule has 0 aromatic heterocycles. The molecule has 2 rings (SSSR count). The second-order valence-corrected chi connectivity index (χ2v) is 5.16. The van der Waals surface area contributed by atoms with E-state index in [2.05, 4.69) is 43.1 Å². The van der Waals surface area contributed by atoms with Crippen molar-refractivity contribution in [2.75, 3.05) is 11.9 Å². The van der Waals surface area contributed by atoms with Crippen molar-refractivity contribution in [3.05, 3.63) is 72.3 Å². The van der Waals surface area contributed by atoms with Crippen LogP contribution in [0.1, 0.15) is 17.5 Å². The Labute approximate surface area is 131 Å². The second-order valence-electron chi connectivity index (χ2n) is 5.16. The van der Waals surface area contributed by atoms with E-state index in [9.17, 15) is 4.79 Å². The maximum absolute atomic E-state index is 12.0. The minimum Gasteiger partial charge on any atom is -0.490 e. The lowest BCUT2D eigenvalue weighted by Gasteiger charge is -2.07. The Hall–Kier alpha value is -2.55. The van der Waals surface area contributed by atoms with Crippen molar-refractivity contribution in [1.29, 1.82) is 0 Å². The van der Waals surface area contributed by atoms with Gasteiger partial charge in [-0.25, -0.2) is 0 Å². The van der Waals surface area contributed by atoms with Crippen LogP contribution in [0.25, 0.3) is 0 Å². The Morgan fingerprint density at radius 1 is 1.14 bits per heavy atom. The summed E-state index contributed by atoms with van der Waals surface area (Å²) < 4.78 is 5.40. The fourth-order valence-electron chi connectivity index (χ4n) is 2.03. The van der Waals surface area contributed by atoms with Gasteiger partial charge in [-0.1, -0.05) is 42.5 Å². The summed E-state index contributed by atoms with van der Waals surface area (Å²) in [5.74, 6) is 0.776. The lowest BCUT2D eigenvalue weighted by Crippen LogP contribution is -2.12. The molecule has 22 heavy (non-hydrogen) atoms. The molecular weight excluding hydrogens is 274 g/mol. The zero-order chi connectivity index (χ0) is 15.8. The SMILES string of the molecule is C=CCOc1ccc(NC(=O)CCc2ccc(C)cc2)cc1. The van der Waals surface area contributed by atoms with Gasteiger partial charge in [0.1, 0.15) is 12.4 Å². The topological polar surface area (TPSA) is 38.3 Å². The Morgan fingerprint density at radius 3 is 2.45 bits per heavy atom. The van der Waals surface area contributed by atoms with Gasteiger partial charge in [0.25, 0.3) is 0 Å². The number of nitrogens with one attached hydrogen (secondary N) is 1. The van der Waals surface area contributed by atoms with E-state index in [1.54, 1.807) is 6.08 Å². The third kappa shape index (κ3) is 5.09. The van der Waals surface area contributed by atoms with Crippen LogP contribution in [0, 0.1) is 6.92 Å². The molecule has 0 heterocycles. The highest BCUT2D eigenvalue weighted by Gasteiger charge is 2.03. The van der Waals surface area contributed by atoms with Gasteiger partial charge in [0.15, 0.2) is 0 Å². The van der Waals surface area contributed by atoms with Crippen molar-refractivity contribution in [2.45, 2.75) is 19.8 Å². The molecule has 0 fully saturated rings. The molecule has 0 spiro atoms. The minimum absolute atomic E-state index is 0.0142. The number of ether oxygens (including phenoxy) is 1. The first-order valence-corrected chi connectivity index (χ1v) is 7.36. The van der Waals surface area contributed by atoms with Gasteiger partial charge in [-0.3, -0.25) is 4.79 Å². The zero-order valence-corrected chi connectivity index (χ0v) is 12.8. The number of amides is 1. The summed E-state index contributed by atoms with van der Waals surface area (Å²) >= 11 is 0. The van der Waals surface area contributed by atoms with Crippen molar-refractivity contribution in [1.82, 2.24) is 0 Å². The number of benzene rings is 2. The molecule has 0 radical (unpaired) electrons. The van der Waals surface area contributed by atoms with Crippen LogP contribution in [-0.2, 0) is 11.2 Å². The summed E-state index contributed by atoms with van der Waals surface area (Å²) in [7, 11) is 0. The normalized spacial score (nSPS) is 10.0. The van der Waals surface area contributed by atoms with Crippen LogP contribution < -0.4 is 10.1 Å². The van der Waals surface area contributed by atoms with Gasteiger partial charge in [0.2, 0.25) is 5.91 Å². The summed E-state index contributed by atoms with van der Waals surface area (Å²) in [6.07, 6.45) is 2.91. The van der Waals surface area contributed by atoms with E-state index < -0.39 is 0 Å². The Morgan fingerprint density at radius 2 is 1.82 bits per heavy atom. The monoisotopic (exact) mass is 295 g/mol. The highest BCUT2D eigenvalue weighted by Crippen LogP contribution is 2.16. The van der Waals surface area contributed by atoms with Crippen LogP contribution >= 0.6 is 0 Å². The molecule has 0 aliphatic heterocycles. The molecule has 2 aromatic rings. The highest BCUT2D eigenvalue weighted by molar-refractivity contribution is 5.90. The average Bonchev–Trinajstić information content (AvgIpc) is 2.54. The molecule has 3 heteroatoms. The molecule has 0 bridgehead atoms. The van der Waals surface area contributed by atoms with Crippen LogP contribution in [-0.4, -0.2) is 12.5 Å². The van der Waals surface area contributed by atoms with Gasteiger partial charge < -0.3 is 10.1 Å². The standard InChI is InChI=1S/C19H21NO2/c1-3-14-22-18-11-9-17(10-12-18)20-19(21)13-8-16-6-4-15(2)5-7-16/h3-7,9-12H,1,8,13-14H2,2H3,(H,20,21). The first-order chi connectivity index (χ1) is 10.7. The molecule has 1 N–H and O–H groups in total. The first-order valence-electron chi connectivity index (χ1n) is 7.36. The van der Waals surface area contributed by atoms with Crippen molar-refractivity contribution in [3.63, 3.8) is 0 Å². The second kappa shape index (κ2) is 8.03. The van der Waals surface area contributed by atoms with E-state index in [0.717, 1.165) is 17.9 Å². The predicted molar refractivity (Wildman–Crippen MR) is 90.3 cm³/mol. The van der Waals surface area contributed by atoms with E-state index in [1.165, 1.54) is 11.1 Å². The zero-order valence-electron chi connectivity index (χ0n) is 12.8. The molecule has 0 aliphatic rings. The molecule has 0 aliphatic carbocycles. The maximum Gasteiger partial charge on any atom is 0.224 e. The van der Waals surface area contributed by atoms with E-state index in [1.807, 2.05) is 24.3 Å². The molecule has 1 amide bonds. The maximum atomic E-state index is 12.0. The Bertz CT molecular complexity index is 615. The van der Waals surface area contributed by atoms with Crippen molar-refractivity contribution >= 4 is 11.6 Å². The van der Waals surface area contributed by atoms with Crippen molar-refractivity contribution in [2.24, 2.45) is 0 Å². The summed E-state index contributed by atoms with van der Waals surface area (Å²) in [6.45, 7) is 6.13. The number of anilines is 1. The molecule has 2 aromatic carbocycles. The van der Waals surface area contributed by atoms with Crippen LogP contribution in [0.15, 0.2) is 61.2 Å². The lowest BCUT2D eigenvalue weighted by molar-refractivity contribution is -0.116. The van der Waals surface area contributed by atoms with E-state index >= 15 is 0 Å². The molecule has 0 saturated carbocycles. The fourth-order valence-corrected chi connectivity index (χ4v) is 2.03. The number of hydrogen-bond acceptors (Lipinski definition) is 2. The predicted octanol–water partition coefficient (Wildman–Crippen LogP) is 4.13. The van der Waals surface area contributed by atoms with Crippen molar-refractivity contribution in [3.8, 4) is 5.75 Å². The highest BCUT2D eigenvalue weighted by atomic mass is 16.5. The lowest BCUT2D eigenvalue weighted by atomic mass is 10.1. The van der Waals surface area contributed by atoms with Crippen LogP contribution in [0.2, 0.25) is 0 Å². The quantitative estimate of drug-likeness (QED) is 0.780. The van der Waals surface area contributed by atoms with Gasteiger partial charge >= 0.3 is 0 Å². The number of carbonyl (C=O) groups is 1. The Kier molecular flexibility index (Phi) is 5.78. The van der Waals surface area contributed by atoms with Crippen LogP contribution in [0.3, 0.4) is 0 Å². The molecular formula is C19H21NO2. The third-order valence-electron chi connectivity index (χ3n) is 3.27. The summed E-state index contributed by atoms with van der Waals surface area (Å²) in [6, 6.07) is 15.6. The van der Waals surface area contributed by atoms with Gasteiger partial charge in [0, 0.05) is 12.1 Å². The smallest absolute Gasteiger partial charge is 0.224 e. The largest absolute Gasteiger partial charge is 0.490 e.